The number of halogens is 1. The molecule has 0 amide bonds. The summed E-state index contributed by atoms with van der Waals surface area (Å²) in [5, 5.41) is 12.2. The van der Waals surface area contributed by atoms with Gasteiger partial charge in [-0.2, -0.15) is 5.26 Å². The summed E-state index contributed by atoms with van der Waals surface area (Å²) < 4.78 is 5.66. The highest BCUT2D eigenvalue weighted by Gasteiger charge is 2.30. The number of nitrogens with zero attached hydrogens (tertiary/aromatic N) is 2. The number of anilines is 1. The second-order valence-corrected chi connectivity index (χ2v) is 6.52. The number of esters is 1. The van der Waals surface area contributed by atoms with Crippen LogP contribution in [0.15, 0.2) is 34.8 Å². The van der Waals surface area contributed by atoms with Gasteiger partial charge in [-0.25, -0.2) is 4.79 Å². The molecule has 1 aromatic carbocycles. The Balaban J connectivity index is 1.77. The van der Waals surface area contributed by atoms with Crippen LogP contribution in [0.1, 0.15) is 46.1 Å². The molecule has 24 heavy (non-hydrogen) atoms. The lowest BCUT2D eigenvalue weighted by Crippen LogP contribution is -2.10. The number of rotatable bonds is 5. The van der Waals surface area contributed by atoms with Gasteiger partial charge in [-0.3, -0.25) is 4.98 Å². The van der Waals surface area contributed by atoms with Crippen molar-refractivity contribution in [2.24, 2.45) is 0 Å². The molecule has 0 bridgehead atoms. The van der Waals surface area contributed by atoms with E-state index in [-0.39, 0.29) is 5.97 Å². The van der Waals surface area contributed by atoms with Crippen molar-refractivity contribution in [3.8, 4) is 6.07 Å². The van der Waals surface area contributed by atoms with Crippen LogP contribution in [0, 0.1) is 11.3 Å². The first-order chi connectivity index (χ1) is 11.6. The minimum Gasteiger partial charge on any atom is -0.465 e. The quantitative estimate of drug-likeness (QED) is 0.787. The molecule has 0 atom stereocenters. The summed E-state index contributed by atoms with van der Waals surface area (Å²) in [6.45, 7) is 0.533. The van der Waals surface area contributed by atoms with Gasteiger partial charge in [0.2, 0.25) is 0 Å². The maximum Gasteiger partial charge on any atom is 0.339 e. The van der Waals surface area contributed by atoms with Crippen LogP contribution in [0.25, 0.3) is 0 Å². The number of hydrogen-bond acceptors (Lipinski definition) is 5. The van der Waals surface area contributed by atoms with Gasteiger partial charge in [-0.05, 0) is 59.1 Å². The van der Waals surface area contributed by atoms with Gasteiger partial charge in [0, 0.05) is 16.1 Å². The van der Waals surface area contributed by atoms with Gasteiger partial charge < -0.3 is 10.1 Å². The van der Waals surface area contributed by atoms with E-state index in [4.69, 9.17) is 10.00 Å². The van der Waals surface area contributed by atoms with E-state index in [2.05, 4.69) is 32.3 Å². The molecule has 1 heterocycles. The van der Waals surface area contributed by atoms with Gasteiger partial charge in [0.25, 0.3) is 0 Å². The highest BCUT2D eigenvalue weighted by Crippen LogP contribution is 2.40. The van der Waals surface area contributed by atoms with E-state index in [1.807, 2.05) is 12.1 Å². The number of nitriles is 1. The van der Waals surface area contributed by atoms with Gasteiger partial charge >= 0.3 is 5.97 Å². The summed E-state index contributed by atoms with van der Waals surface area (Å²) in [7, 11) is 1.39. The van der Waals surface area contributed by atoms with Gasteiger partial charge in [-0.15, -0.1) is 0 Å². The molecule has 6 heteroatoms. The van der Waals surface area contributed by atoms with Crippen LogP contribution in [-0.2, 0) is 11.3 Å². The molecule has 0 radical (unpaired) electrons. The summed E-state index contributed by atoms with van der Waals surface area (Å²) in [6, 6.07) is 11.1. The molecule has 3 rings (SSSR count). The maximum atomic E-state index is 11.9. The average Bonchev–Trinajstić information content (AvgIpc) is 3.44. The van der Waals surface area contributed by atoms with Crippen LogP contribution in [0.3, 0.4) is 0 Å². The zero-order valence-corrected chi connectivity index (χ0v) is 14.8. The average molecular weight is 386 g/mol. The van der Waals surface area contributed by atoms with E-state index in [0.29, 0.717) is 23.6 Å². The number of pyridine rings is 1. The molecule has 2 aromatic rings. The van der Waals surface area contributed by atoms with Crippen molar-refractivity contribution in [3.05, 3.63) is 57.3 Å². The van der Waals surface area contributed by atoms with E-state index >= 15 is 0 Å². The molecular formula is C18H16BrN3O2. The van der Waals surface area contributed by atoms with Crippen molar-refractivity contribution in [2.45, 2.75) is 25.3 Å². The van der Waals surface area contributed by atoms with E-state index < -0.39 is 0 Å². The summed E-state index contributed by atoms with van der Waals surface area (Å²) in [4.78, 5) is 16.5. The molecule has 1 aliphatic rings. The Kier molecular flexibility index (Phi) is 4.81. The zero-order valence-electron chi connectivity index (χ0n) is 13.2. The Morgan fingerprint density at radius 3 is 2.83 bits per heavy atom. The topological polar surface area (TPSA) is 75.0 Å². The summed E-state index contributed by atoms with van der Waals surface area (Å²) in [5.41, 5.74) is 3.74. The van der Waals surface area contributed by atoms with Crippen molar-refractivity contribution in [1.82, 2.24) is 4.98 Å². The molecule has 122 valence electrons. The number of carbonyl (C=O) groups excluding carboxylic acids is 1. The lowest BCUT2D eigenvalue weighted by molar-refractivity contribution is 0.0598. The van der Waals surface area contributed by atoms with Crippen LogP contribution < -0.4 is 5.32 Å². The van der Waals surface area contributed by atoms with Crippen LogP contribution in [0.2, 0.25) is 0 Å². The number of hydrogen-bond donors (Lipinski definition) is 1. The highest BCUT2D eigenvalue weighted by atomic mass is 79.9. The summed E-state index contributed by atoms with van der Waals surface area (Å²) >= 11 is 3.45. The Morgan fingerprint density at radius 1 is 1.42 bits per heavy atom. The minimum absolute atomic E-state index is 0.334. The van der Waals surface area contributed by atoms with Crippen LogP contribution in [-0.4, -0.2) is 18.1 Å². The van der Waals surface area contributed by atoms with Gasteiger partial charge in [0.15, 0.2) is 0 Å². The molecule has 1 N–H and O–H groups in total. The fourth-order valence-corrected chi connectivity index (χ4v) is 3.00. The Labute approximate surface area is 148 Å². The molecule has 5 nitrogen and oxygen atoms in total. The third-order valence-corrected chi connectivity index (χ3v) is 4.57. The standard InChI is InChI=1S/C18H16BrN3O2/c1-24-18(23)14-6-5-13(22-17(14)12-3-4-12)10-21-16-7-2-11(9-20)8-15(16)19/h2,5-8,12,21H,3-4,10H2,1H3. The summed E-state index contributed by atoms with van der Waals surface area (Å²) in [5.74, 6) is 0.0273. The van der Waals surface area contributed by atoms with E-state index in [1.165, 1.54) is 7.11 Å². The van der Waals surface area contributed by atoms with Crippen molar-refractivity contribution in [2.75, 3.05) is 12.4 Å². The fraction of sp³-hybridized carbons (Fsp3) is 0.278. The smallest absolute Gasteiger partial charge is 0.339 e. The van der Waals surface area contributed by atoms with Gasteiger partial charge in [0.1, 0.15) is 0 Å². The minimum atomic E-state index is -0.334. The number of aromatic nitrogens is 1. The molecule has 0 saturated heterocycles. The Morgan fingerprint density at radius 2 is 2.21 bits per heavy atom. The first-order valence-corrected chi connectivity index (χ1v) is 8.43. The van der Waals surface area contributed by atoms with Crippen molar-refractivity contribution < 1.29 is 9.53 Å². The second-order valence-electron chi connectivity index (χ2n) is 5.66. The lowest BCUT2D eigenvalue weighted by Gasteiger charge is -2.11. The molecule has 1 fully saturated rings. The molecular weight excluding hydrogens is 370 g/mol. The Bertz CT molecular complexity index is 825. The number of ether oxygens (including phenoxy) is 1. The number of benzene rings is 1. The predicted octanol–water partition coefficient (Wildman–Crippen LogP) is 3.99. The first kappa shape index (κ1) is 16.5. The highest BCUT2D eigenvalue weighted by molar-refractivity contribution is 9.10. The third kappa shape index (κ3) is 3.57. The predicted molar refractivity (Wildman–Crippen MR) is 93.7 cm³/mol. The SMILES string of the molecule is COC(=O)c1ccc(CNc2ccc(C#N)cc2Br)nc1C1CC1. The van der Waals surface area contributed by atoms with Crippen molar-refractivity contribution in [3.63, 3.8) is 0 Å². The maximum absolute atomic E-state index is 11.9. The molecule has 0 spiro atoms. The van der Waals surface area contributed by atoms with Crippen molar-refractivity contribution >= 4 is 27.6 Å². The molecule has 1 saturated carbocycles. The van der Waals surface area contributed by atoms with Gasteiger partial charge in [-0.1, -0.05) is 0 Å². The van der Waals surface area contributed by atoms with Crippen LogP contribution in [0.5, 0.6) is 0 Å². The fourth-order valence-electron chi connectivity index (χ4n) is 2.48. The number of carbonyl (C=O) groups is 1. The largest absolute Gasteiger partial charge is 0.465 e. The van der Waals surface area contributed by atoms with Gasteiger partial charge in [0.05, 0.1) is 42.2 Å². The third-order valence-electron chi connectivity index (χ3n) is 3.91. The lowest BCUT2D eigenvalue weighted by atomic mass is 10.1. The van der Waals surface area contributed by atoms with E-state index in [1.54, 1.807) is 18.2 Å². The van der Waals surface area contributed by atoms with Crippen LogP contribution >= 0.6 is 15.9 Å². The summed E-state index contributed by atoms with van der Waals surface area (Å²) in [6.07, 6.45) is 2.13. The normalized spacial score (nSPS) is 13.2. The number of methoxy groups -OCH3 is 1. The van der Waals surface area contributed by atoms with Crippen LogP contribution in [0.4, 0.5) is 5.69 Å². The van der Waals surface area contributed by atoms with Crippen molar-refractivity contribution in [1.29, 1.82) is 5.26 Å². The Hall–Kier alpha value is -2.39. The van der Waals surface area contributed by atoms with E-state index in [9.17, 15) is 4.79 Å². The van der Waals surface area contributed by atoms with E-state index in [0.717, 1.165) is 34.4 Å². The zero-order chi connectivity index (χ0) is 17.1. The monoisotopic (exact) mass is 385 g/mol. The first-order valence-electron chi connectivity index (χ1n) is 7.64. The molecule has 1 aliphatic carbocycles. The molecule has 0 unspecified atom stereocenters. The molecule has 1 aromatic heterocycles. The molecule has 0 aliphatic heterocycles. The number of nitrogens with one attached hydrogen (secondary N) is 1. The second kappa shape index (κ2) is 7.02.